The molecule has 0 aliphatic carbocycles. The molecule has 1 heterocycles. The van der Waals surface area contributed by atoms with Gasteiger partial charge in [0.2, 0.25) is 0 Å². The Hall–Kier alpha value is -1.86. The summed E-state index contributed by atoms with van der Waals surface area (Å²) in [6.07, 6.45) is 1.18. The average Bonchev–Trinajstić information content (AvgIpc) is 3.00. The lowest BCUT2D eigenvalue weighted by atomic mass is 9.98. The van der Waals surface area contributed by atoms with E-state index in [4.69, 9.17) is 0 Å². The highest BCUT2D eigenvalue weighted by molar-refractivity contribution is 9.10. The molecule has 0 saturated heterocycles. The number of amidine groups is 1. The molecule has 23 heavy (non-hydrogen) atoms. The van der Waals surface area contributed by atoms with Gasteiger partial charge in [-0.3, -0.25) is 0 Å². The van der Waals surface area contributed by atoms with E-state index in [2.05, 4.69) is 31.2 Å². The lowest BCUT2D eigenvalue weighted by molar-refractivity contribution is 0.601. The van der Waals surface area contributed by atoms with Crippen LogP contribution in [0.15, 0.2) is 61.0 Å². The van der Waals surface area contributed by atoms with Gasteiger partial charge in [-0.15, -0.1) is 5.11 Å². The molecule has 3 rings (SSSR count). The van der Waals surface area contributed by atoms with Crippen LogP contribution in [0.5, 0.6) is 0 Å². The van der Waals surface area contributed by atoms with Crippen molar-refractivity contribution < 1.29 is 8.42 Å². The van der Waals surface area contributed by atoms with Crippen LogP contribution in [0.4, 0.5) is 0 Å². The molecule has 0 radical (unpaired) electrons. The number of azo groups is 1. The maximum Gasteiger partial charge on any atom is 0.180 e. The van der Waals surface area contributed by atoms with Gasteiger partial charge < -0.3 is 0 Å². The van der Waals surface area contributed by atoms with Crippen LogP contribution in [0.25, 0.3) is 11.1 Å². The number of nitrogens with zero attached hydrogens (tertiary/aromatic N) is 3. The van der Waals surface area contributed by atoms with E-state index < -0.39 is 9.84 Å². The molecule has 5 nitrogen and oxygen atoms in total. The molecule has 1 aliphatic heterocycles. The summed E-state index contributed by atoms with van der Waals surface area (Å²) in [6.45, 7) is 2.22. The average molecular weight is 392 g/mol. The van der Waals surface area contributed by atoms with Crippen LogP contribution >= 0.6 is 15.9 Å². The van der Waals surface area contributed by atoms with Crippen LogP contribution in [0, 0.1) is 6.92 Å². The first kappa shape index (κ1) is 16.0. The first-order valence-electron chi connectivity index (χ1n) is 6.90. The molecule has 0 fully saturated rings. The number of benzene rings is 2. The summed E-state index contributed by atoms with van der Waals surface area (Å²) < 4.78 is 25.1. The number of hydrogen-bond donors (Lipinski definition) is 0. The van der Waals surface area contributed by atoms with Gasteiger partial charge in [0.15, 0.2) is 22.3 Å². The quantitative estimate of drug-likeness (QED) is 0.792. The Balaban J connectivity index is 2.37. The molecular formula is C16H14BrN3O2S. The van der Waals surface area contributed by atoms with Crippen molar-refractivity contribution in [1.82, 2.24) is 0 Å². The van der Waals surface area contributed by atoms with Crippen molar-refractivity contribution in [3.8, 4) is 11.1 Å². The maximum atomic E-state index is 12.3. The molecule has 0 amide bonds. The van der Waals surface area contributed by atoms with Gasteiger partial charge in [-0.1, -0.05) is 35.9 Å². The number of hydrogen-bond acceptors (Lipinski definition) is 5. The van der Waals surface area contributed by atoms with Crippen LogP contribution in [0.1, 0.15) is 11.1 Å². The van der Waals surface area contributed by atoms with E-state index in [1.807, 2.05) is 37.3 Å². The van der Waals surface area contributed by atoms with Crippen LogP contribution < -0.4 is 0 Å². The molecule has 0 spiro atoms. The number of aryl methyl sites for hydroxylation is 1. The van der Waals surface area contributed by atoms with E-state index >= 15 is 0 Å². The van der Waals surface area contributed by atoms with Crippen LogP contribution in [-0.2, 0) is 9.84 Å². The summed E-state index contributed by atoms with van der Waals surface area (Å²) in [6, 6.07) is 11.5. The van der Waals surface area contributed by atoms with Gasteiger partial charge in [-0.25, -0.2) is 13.4 Å². The van der Waals surface area contributed by atoms with Crippen LogP contribution in [0.2, 0.25) is 0 Å². The van der Waals surface area contributed by atoms with Crippen molar-refractivity contribution in [2.75, 3.05) is 12.9 Å². The normalized spacial score (nSPS) is 14.1. The molecule has 1 aliphatic rings. The van der Waals surface area contributed by atoms with Crippen LogP contribution in [0.3, 0.4) is 0 Å². The van der Waals surface area contributed by atoms with Crippen molar-refractivity contribution in [3.05, 3.63) is 52.0 Å². The van der Waals surface area contributed by atoms with E-state index in [9.17, 15) is 8.42 Å². The molecule has 0 N–H and O–H groups in total. The number of aliphatic imine (C=N–C) groups is 1. The highest BCUT2D eigenvalue weighted by atomic mass is 79.9. The monoisotopic (exact) mass is 391 g/mol. The second kappa shape index (κ2) is 5.98. The zero-order chi connectivity index (χ0) is 16.6. The molecule has 118 valence electrons. The van der Waals surface area contributed by atoms with Gasteiger partial charge in [0, 0.05) is 16.3 Å². The summed E-state index contributed by atoms with van der Waals surface area (Å²) in [5.74, 6) is 0.349. The largest absolute Gasteiger partial charge is 0.239 e. The molecule has 0 bridgehead atoms. The van der Waals surface area contributed by atoms with Crippen molar-refractivity contribution in [2.24, 2.45) is 15.2 Å². The summed E-state index contributed by atoms with van der Waals surface area (Å²) in [7, 11) is -3.47. The summed E-state index contributed by atoms with van der Waals surface area (Å²) >= 11 is 3.34. The van der Waals surface area contributed by atoms with Crippen molar-refractivity contribution in [1.29, 1.82) is 0 Å². The fraction of sp³-hybridized carbons (Fsp3) is 0.188. The third-order valence-electron chi connectivity index (χ3n) is 3.52. The Morgan fingerprint density at radius 2 is 1.78 bits per heavy atom. The van der Waals surface area contributed by atoms with Crippen molar-refractivity contribution >= 4 is 31.6 Å². The lowest BCUT2D eigenvalue weighted by Crippen LogP contribution is -2.09. The third-order valence-corrected chi connectivity index (χ3v) is 5.60. The minimum Gasteiger partial charge on any atom is -0.239 e. The molecule has 0 aromatic heterocycles. The Morgan fingerprint density at radius 3 is 2.35 bits per heavy atom. The Morgan fingerprint density at radius 1 is 1.09 bits per heavy atom. The predicted octanol–water partition coefficient (Wildman–Crippen LogP) is 4.00. The Kier molecular flexibility index (Phi) is 4.16. The maximum absolute atomic E-state index is 12.3. The minimum absolute atomic E-state index is 0.190. The van der Waals surface area contributed by atoms with E-state index in [1.165, 1.54) is 6.26 Å². The lowest BCUT2D eigenvalue weighted by Gasteiger charge is -2.14. The van der Waals surface area contributed by atoms with E-state index in [1.54, 1.807) is 6.07 Å². The second-order valence-electron chi connectivity index (χ2n) is 5.30. The Bertz CT molecular complexity index is 933. The van der Waals surface area contributed by atoms with Crippen molar-refractivity contribution in [2.45, 2.75) is 11.8 Å². The van der Waals surface area contributed by atoms with Gasteiger partial charge in [-0.05, 0) is 40.0 Å². The van der Waals surface area contributed by atoms with Gasteiger partial charge in [0.25, 0.3) is 0 Å². The molecule has 0 atom stereocenters. The molecule has 0 saturated carbocycles. The molecule has 7 heteroatoms. The molecule has 0 unspecified atom stereocenters. The Labute approximate surface area is 143 Å². The molecule has 2 aromatic rings. The smallest absolute Gasteiger partial charge is 0.180 e. The number of sulfone groups is 1. The highest BCUT2D eigenvalue weighted by Gasteiger charge is 2.25. The first-order valence-corrected chi connectivity index (χ1v) is 9.58. The van der Waals surface area contributed by atoms with Crippen LogP contribution in [-0.4, -0.2) is 27.2 Å². The van der Waals surface area contributed by atoms with Crippen molar-refractivity contribution in [3.63, 3.8) is 0 Å². The summed E-state index contributed by atoms with van der Waals surface area (Å²) in [5.41, 5.74) is 3.31. The molecular weight excluding hydrogens is 378 g/mol. The van der Waals surface area contributed by atoms with Gasteiger partial charge in [-0.2, -0.15) is 5.11 Å². The van der Waals surface area contributed by atoms with Gasteiger partial charge in [0.1, 0.15) is 0 Å². The number of halogens is 1. The zero-order valence-corrected chi connectivity index (χ0v) is 15.0. The SMILES string of the molecule is Cc1ccc(-c2ccc(Br)c(S(C)(=O)=O)c2C2=NCN=N2)cc1. The third kappa shape index (κ3) is 3.11. The fourth-order valence-electron chi connectivity index (χ4n) is 2.47. The highest BCUT2D eigenvalue weighted by Crippen LogP contribution is 2.35. The molecule has 2 aromatic carbocycles. The first-order chi connectivity index (χ1) is 10.9. The topological polar surface area (TPSA) is 71.2 Å². The predicted molar refractivity (Wildman–Crippen MR) is 93.7 cm³/mol. The van der Waals surface area contributed by atoms with E-state index in [0.717, 1.165) is 16.7 Å². The van der Waals surface area contributed by atoms with Gasteiger partial charge >= 0.3 is 0 Å². The number of rotatable bonds is 3. The summed E-state index contributed by atoms with van der Waals surface area (Å²) in [5, 5.41) is 7.87. The minimum atomic E-state index is -3.47. The summed E-state index contributed by atoms with van der Waals surface area (Å²) in [4.78, 5) is 4.41. The second-order valence-corrected chi connectivity index (χ2v) is 8.11. The fourth-order valence-corrected chi connectivity index (χ4v) is 4.68. The van der Waals surface area contributed by atoms with E-state index in [0.29, 0.717) is 15.9 Å². The zero-order valence-electron chi connectivity index (χ0n) is 12.6. The standard InChI is InChI=1S/C16H14BrN3O2S/c1-10-3-5-11(6-4-10)12-7-8-13(17)15(23(2,21)22)14(12)16-18-9-19-20-16/h3-8H,9H2,1-2H3. The van der Waals surface area contributed by atoms with E-state index in [-0.39, 0.29) is 11.6 Å². The van der Waals surface area contributed by atoms with Gasteiger partial charge in [0.05, 0.1) is 4.90 Å².